The summed E-state index contributed by atoms with van der Waals surface area (Å²) in [5.41, 5.74) is 1.95. The molecule has 0 aliphatic heterocycles. The predicted octanol–water partition coefficient (Wildman–Crippen LogP) is 3.80. The monoisotopic (exact) mass is 446 g/mol. The number of hydrogen-bond donors (Lipinski definition) is 2. The second-order valence-electron chi connectivity index (χ2n) is 7.04. The molecule has 33 heavy (non-hydrogen) atoms. The molecule has 1 aromatic heterocycles. The van der Waals surface area contributed by atoms with E-state index in [-0.39, 0.29) is 6.54 Å². The summed E-state index contributed by atoms with van der Waals surface area (Å²) in [7, 11) is 5.09. The molecule has 172 valence electrons. The van der Waals surface area contributed by atoms with Gasteiger partial charge in [-0.15, -0.1) is 0 Å². The van der Waals surface area contributed by atoms with Gasteiger partial charge in [0.2, 0.25) is 0 Å². The number of para-hydroxylation sites is 1. The van der Waals surface area contributed by atoms with Crippen molar-refractivity contribution in [1.82, 2.24) is 15.3 Å². The van der Waals surface area contributed by atoms with E-state index in [2.05, 4.69) is 43.5 Å². The van der Waals surface area contributed by atoms with Crippen LogP contribution in [0.1, 0.15) is 11.4 Å². The minimum absolute atomic E-state index is 0.250. The molecule has 1 heterocycles. The highest BCUT2D eigenvalue weighted by atomic mass is 16.4. The van der Waals surface area contributed by atoms with Gasteiger partial charge in [-0.05, 0) is 35.5 Å². The van der Waals surface area contributed by atoms with Crippen molar-refractivity contribution < 1.29 is 14.3 Å². The van der Waals surface area contributed by atoms with Crippen molar-refractivity contribution in [2.24, 2.45) is 0 Å². The molecule has 0 saturated heterocycles. The molecule has 0 amide bonds. The average molecular weight is 447 g/mol. The van der Waals surface area contributed by atoms with Crippen LogP contribution in [0.3, 0.4) is 0 Å². The molecule has 3 aromatic carbocycles. The van der Waals surface area contributed by atoms with Crippen molar-refractivity contribution in [3.63, 3.8) is 0 Å². The number of fused-ring (bicyclic) bond motifs is 2. The Morgan fingerprint density at radius 1 is 0.879 bits per heavy atom. The number of nitrogens with zero attached hydrogens (tertiary/aromatic N) is 2. The first-order chi connectivity index (χ1) is 16.2. The van der Waals surface area contributed by atoms with Gasteiger partial charge in [-0.2, -0.15) is 0 Å². The molecule has 0 saturated carbocycles. The summed E-state index contributed by atoms with van der Waals surface area (Å²) in [5.74, 6) is 1.41. The van der Waals surface area contributed by atoms with Gasteiger partial charge >= 0.3 is 0 Å². The minimum Gasteiger partial charge on any atom is -0.388 e. The molecule has 4 aromatic rings. The minimum atomic E-state index is 0.250. The summed E-state index contributed by atoms with van der Waals surface area (Å²) in [6.45, 7) is 0.848. The lowest BCUT2D eigenvalue weighted by Crippen LogP contribution is -2.12. The van der Waals surface area contributed by atoms with Crippen molar-refractivity contribution in [1.29, 1.82) is 0 Å². The van der Waals surface area contributed by atoms with E-state index in [0.29, 0.717) is 24.6 Å². The van der Waals surface area contributed by atoms with Gasteiger partial charge in [0.05, 0.1) is 18.6 Å². The number of methoxy groups -OCH3 is 1. The van der Waals surface area contributed by atoms with Crippen molar-refractivity contribution in [3.05, 3.63) is 78.1 Å². The molecule has 0 unspecified atom stereocenters. The maximum atomic E-state index is 10.4. The van der Waals surface area contributed by atoms with Crippen LogP contribution >= 0.6 is 0 Å². The largest absolute Gasteiger partial charge is 0.388 e. The zero-order valence-electron chi connectivity index (χ0n) is 19.2. The normalized spacial score (nSPS) is 9.91. The molecule has 0 aliphatic carbocycles. The maximum absolute atomic E-state index is 10.4. The molecule has 0 fully saturated rings. The summed E-state index contributed by atoms with van der Waals surface area (Å²) in [6, 6.07) is 22.0. The highest BCUT2D eigenvalue weighted by Gasteiger charge is 2.06. The Labute approximate surface area is 194 Å². The SMILES string of the molecule is CNCc1nc(NCC=O)c2ccccc2n1.COC.O=CCc1ccc2ccccc2c1. The van der Waals surface area contributed by atoms with Gasteiger partial charge in [0.15, 0.2) is 0 Å². The number of aromatic nitrogens is 2. The van der Waals surface area contributed by atoms with E-state index in [4.69, 9.17) is 0 Å². The van der Waals surface area contributed by atoms with Gasteiger partial charge in [-0.25, -0.2) is 9.97 Å². The number of nitrogens with one attached hydrogen (secondary N) is 2. The van der Waals surface area contributed by atoms with E-state index in [1.54, 1.807) is 14.2 Å². The average Bonchev–Trinajstić information content (AvgIpc) is 2.84. The summed E-state index contributed by atoms with van der Waals surface area (Å²) >= 11 is 0. The number of carbonyl (C=O) groups excluding carboxylic acids is 2. The van der Waals surface area contributed by atoms with E-state index >= 15 is 0 Å². The number of benzene rings is 3. The lowest BCUT2D eigenvalue weighted by Gasteiger charge is -2.08. The molecule has 0 radical (unpaired) electrons. The number of anilines is 1. The van der Waals surface area contributed by atoms with Crippen molar-refractivity contribution in [2.45, 2.75) is 13.0 Å². The van der Waals surface area contributed by atoms with Crippen molar-refractivity contribution in [3.8, 4) is 0 Å². The standard InChI is InChI=1S/C12H14N4O.C12H10O.C2H6O/c1-13-8-11-15-10-5-3-2-4-9(10)12(16-11)14-6-7-17;13-8-7-10-5-6-11-3-1-2-4-12(11)9-10;1-3-2/h2-5,7,13H,6,8H2,1H3,(H,14,15,16);1-6,8-9H,7H2;1-2H3. The molecule has 0 spiro atoms. The second-order valence-corrected chi connectivity index (χ2v) is 7.04. The summed E-state index contributed by atoms with van der Waals surface area (Å²) in [5, 5.41) is 9.34. The lowest BCUT2D eigenvalue weighted by atomic mass is 10.1. The Kier molecular flexibility index (Phi) is 11.2. The smallest absolute Gasteiger partial charge is 0.145 e. The third kappa shape index (κ3) is 8.07. The maximum Gasteiger partial charge on any atom is 0.145 e. The highest BCUT2D eigenvalue weighted by Crippen LogP contribution is 2.19. The molecular formula is C26H30N4O3. The molecule has 7 nitrogen and oxygen atoms in total. The van der Waals surface area contributed by atoms with E-state index in [9.17, 15) is 9.59 Å². The Balaban J connectivity index is 0.000000214. The molecule has 7 heteroatoms. The lowest BCUT2D eigenvalue weighted by molar-refractivity contribution is -0.107. The van der Waals surface area contributed by atoms with E-state index in [1.165, 1.54) is 10.8 Å². The van der Waals surface area contributed by atoms with Crippen LogP contribution < -0.4 is 10.6 Å². The third-order valence-corrected chi connectivity index (χ3v) is 4.47. The Morgan fingerprint density at radius 3 is 2.27 bits per heavy atom. The van der Waals surface area contributed by atoms with Crippen LogP contribution in [0.5, 0.6) is 0 Å². The highest BCUT2D eigenvalue weighted by molar-refractivity contribution is 5.89. The van der Waals surface area contributed by atoms with Crippen molar-refractivity contribution >= 4 is 40.1 Å². The van der Waals surface area contributed by atoms with E-state index in [1.807, 2.05) is 55.6 Å². The summed E-state index contributed by atoms with van der Waals surface area (Å²) < 4.78 is 4.25. The third-order valence-electron chi connectivity index (χ3n) is 4.47. The number of rotatable bonds is 7. The van der Waals surface area contributed by atoms with Crippen LogP contribution in [0.4, 0.5) is 5.82 Å². The molecule has 0 atom stereocenters. The Morgan fingerprint density at radius 2 is 1.58 bits per heavy atom. The Bertz CT molecular complexity index is 1160. The number of carbonyl (C=O) groups is 2. The van der Waals surface area contributed by atoms with E-state index in [0.717, 1.165) is 29.0 Å². The molecular weight excluding hydrogens is 416 g/mol. The quantitative estimate of drug-likeness (QED) is 0.417. The molecule has 0 bridgehead atoms. The fourth-order valence-electron chi connectivity index (χ4n) is 3.10. The Hall–Kier alpha value is -3.68. The first-order valence-corrected chi connectivity index (χ1v) is 10.6. The van der Waals surface area contributed by atoms with Crippen LogP contribution in [-0.2, 0) is 27.3 Å². The first-order valence-electron chi connectivity index (χ1n) is 10.6. The zero-order valence-corrected chi connectivity index (χ0v) is 19.2. The van der Waals surface area contributed by atoms with Crippen LogP contribution in [0.15, 0.2) is 66.7 Å². The number of ether oxygens (including phenoxy) is 1. The molecule has 2 N–H and O–H groups in total. The van der Waals surface area contributed by atoms with Crippen LogP contribution in [0.25, 0.3) is 21.7 Å². The first kappa shape index (κ1) is 25.6. The summed E-state index contributed by atoms with van der Waals surface area (Å²) in [4.78, 5) is 29.5. The van der Waals surface area contributed by atoms with Gasteiger partial charge in [0.25, 0.3) is 0 Å². The van der Waals surface area contributed by atoms with Crippen molar-refractivity contribution in [2.75, 3.05) is 33.1 Å². The fourth-order valence-corrected chi connectivity index (χ4v) is 3.10. The molecule has 4 rings (SSSR count). The predicted molar refractivity (Wildman–Crippen MR) is 134 cm³/mol. The number of hydrogen-bond acceptors (Lipinski definition) is 7. The van der Waals surface area contributed by atoms with Gasteiger partial charge in [0.1, 0.15) is 24.2 Å². The zero-order chi connectivity index (χ0) is 23.9. The van der Waals surface area contributed by atoms with Gasteiger partial charge < -0.3 is 25.0 Å². The van der Waals surface area contributed by atoms with E-state index < -0.39 is 0 Å². The van der Waals surface area contributed by atoms with Gasteiger partial charge in [-0.1, -0.05) is 54.6 Å². The van der Waals surface area contributed by atoms with Crippen LogP contribution in [0.2, 0.25) is 0 Å². The topological polar surface area (TPSA) is 93.2 Å². The molecule has 0 aliphatic rings. The van der Waals surface area contributed by atoms with Crippen LogP contribution in [-0.4, -0.2) is 50.4 Å². The summed E-state index contributed by atoms with van der Waals surface area (Å²) in [6.07, 6.45) is 2.25. The van der Waals surface area contributed by atoms with Gasteiger partial charge in [-0.3, -0.25) is 0 Å². The van der Waals surface area contributed by atoms with Crippen LogP contribution in [0, 0.1) is 0 Å². The number of aldehydes is 2. The van der Waals surface area contributed by atoms with Gasteiger partial charge in [0, 0.05) is 26.0 Å². The fraction of sp³-hybridized carbons (Fsp3) is 0.231. The second kappa shape index (κ2) is 14.4.